The Morgan fingerprint density at radius 1 is 0.857 bits per heavy atom. The van der Waals surface area contributed by atoms with Crippen LogP contribution in [0, 0.1) is 17.8 Å². The molecule has 0 radical (unpaired) electrons. The van der Waals surface area contributed by atoms with Gasteiger partial charge in [-0.2, -0.15) is 0 Å². The van der Waals surface area contributed by atoms with Crippen molar-refractivity contribution in [3.05, 3.63) is 153 Å². The van der Waals surface area contributed by atoms with E-state index in [4.69, 9.17) is 0 Å². The van der Waals surface area contributed by atoms with Gasteiger partial charge in [-0.15, -0.1) is 33.7 Å². The third-order valence-electron chi connectivity index (χ3n) is 9.13. The summed E-state index contributed by atoms with van der Waals surface area (Å²) in [6, 6.07) is 25.8. The van der Waals surface area contributed by atoms with Gasteiger partial charge in [-0.3, -0.25) is 0 Å². The molecule has 0 saturated heterocycles. The number of rotatable bonds is 3. The van der Waals surface area contributed by atoms with Crippen molar-refractivity contribution in [2.24, 2.45) is 10.8 Å². The molecule has 1 heteroatoms. The molecule has 1 atom stereocenters. The Labute approximate surface area is 268 Å². The molecule has 0 fully saturated rings. The van der Waals surface area contributed by atoms with Gasteiger partial charge >= 0.3 is 99.2 Å². The molecule has 0 heterocycles. The van der Waals surface area contributed by atoms with Crippen molar-refractivity contribution in [2.45, 2.75) is 67.2 Å². The first-order chi connectivity index (χ1) is 19.8. The number of aryl methyl sites for hydroxylation is 1. The zero-order valence-electron chi connectivity index (χ0n) is 26.5. The van der Waals surface area contributed by atoms with E-state index in [1.54, 1.807) is 0 Å². The van der Waals surface area contributed by atoms with E-state index >= 15 is 0 Å². The van der Waals surface area contributed by atoms with Gasteiger partial charge in [0, 0.05) is 0 Å². The summed E-state index contributed by atoms with van der Waals surface area (Å²) in [5.74, 6) is 0. The SMILES string of the molecule is Cc1cc(C(C)(C)C)cc2c1=C1C=CC(C)(C(C)(C)C)C(C3=CC=CC3)=C1[C-]=2.[Zr]=[C](c1ccccc1)c1ccccc1. The fourth-order valence-electron chi connectivity index (χ4n) is 6.09. The summed E-state index contributed by atoms with van der Waals surface area (Å²) in [4.78, 5) is 0. The van der Waals surface area contributed by atoms with E-state index in [0.717, 1.165) is 6.42 Å². The maximum atomic E-state index is 3.87. The molecule has 6 rings (SSSR count). The molecule has 0 saturated carbocycles. The molecule has 0 aromatic heterocycles. The maximum absolute atomic E-state index is 3.87. The molecule has 0 nitrogen and oxygen atoms in total. The van der Waals surface area contributed by atoms with E-state index in [2.05, 4.69) is 165 Å². The summed E-state index contributed by atoms with van der Waals surface area (Å²) >= 11 is 1.46. The number of hydrogen-bond donors (Lipinski definition) is 0. The number of fused-ring (bicyclic) bond motifs is 2. The first-order valence-corrected chi connectivity index (χ1v) is 16.3. The van der Waals surface area contributed by atoms with Crippen LogP contribution in [0.25, 0.3) is 11.6 Å². The normalized spacial score (nSPS) is 19.0. The third-order valence-corrected chi connectivity index (χ3v) is 10.5. The van der Waals surface area contributed by atoms with E-state index in [1.165, 1.54) is 82.4 Å². The Kier molecular flexibility index (Phi) is 8.48. The van der Waals surface area contributed by atoms with Gasteiger partial charge in [0.05, 0.1) is 0 Å². The van der Waals surface area contributed by atoms with Gasteiger partial charge in [-0.05, 0) is 29.6 Å². The quantitative estimate of drug-likeness (QED) is 0.255. The van der Waals surface area contributed by atoms with Crippen molar-refractivity contribution in [1.82, 2.24) is 0 Å². The molecule has 212 valence electrons. The van der Waals surface area contributed by atoms with Crippen molar-refractivity contribution in [1.29, 1.82) is 0 Å². The van der Waals surface area contributed by atoms with Crippen molar-refractivity contribution >= 4 is 14.9 Å². The third kappa shape index (κ3) is 5.83. The predicted molar refractivity (Wildman–Crippen MR) is 178 cm³/mol. The molecule has 0 N–H and O–H groups in total. The van der Waals surface area contributed by atoms with Crippen LogP contribution in [-0.2, 0) is 29.7 Å². The van der Waals surface area contributed by atoms with Crippen LogP contribution in [0.5, 0.6) is 0 Å². The van der Waals surface area contributed by atoms with Crippen molar-refractivity contribution in [3.63, 3.8) is 0 Å². The van der Waals surface area contributed by atoms with E-state index in [9.17, 15) is 0 Å². The van der Waals surface area contributed by atoms with E-state index in [-0.39, 0.29) is 16.2 Å². The summed E-state index contributed by atoms with van der Waals surface area (Å²) in [7, 11) is 0. The van der Waals surface area contributed by atoms with Crippen LogP contribution >= 0.6 is 0 Å². The van der Waals surface area contributed by atoms with Crippen LogP contribution in [0.3, 0.4) is 0 Å². The van der Waals surface area contributed by atoms with Gasteiger partial charge < -0.3 is 0 Å². The molecule has 42 heavy (non-hydrogen) atoms. The predicted octanol–water partition coefficient (Wildman–Crippen LogP) is 8.72. The van der Waals surface area contributed by atoms with Crippen LogP contribution in [0.4, 0.5) is 0 Å². The second kappa shape index (κ2) is 11.7. The molecule has 1 unspecified atom stereocenters. The van der Waals surface area contributed by atoms with E-state index < -0.39 is 0 Å². The number of allylic oxidation sites excluding steroid dienone is 8. The van der Waals surface area contributed by atoms with E-state index in [1.807, 2.05) is 0 Å². The Balaban J connectivity index is 0.000000211. The monoisotopic (exact) mass is 625 g/mol. The van der Waals surface area contributed by atoms with Crippen LogP contribution in [0.15, 0.2) is 120 Å². The second-order valence-corrected chi connectivity index (χ2v) is 15.2. The van der Waals surface area contributed by atoms with Gasteiger partial charge in [0.15, 0.2) is 0 Å². The zero-order valence-corrected chi connectivity index (χ0v) is 29.0. The Bertz CT molecular complexity index is 1720. The van der Waals surface area contributed by atoms with Crippen molar-refractivity contribution in [2.75, 3.05) is 0 Å². The Morgan fingerprint density at radius 3 is 1.95 bits per heavy atom. The molecule has 3 aromatic rings. The zero-order chi connectivity index (χ0) is 30.3. The molecule has 3 aliphatic carbocycles. The van der Waals surface area contributed by atoms with Crippen LogP contribution in [0.2, 0.25) is 0 Å². The molecular formula is C41H43Zr-. The number of benzene rings is 3. The molecule has 0 amide bonds. The Hall–Kier alpha value is -2.89. The minimum absolute atomic E-state index is 0.0144. The molecule has 0 aliphatic heterocycles. The topological polar surface area (TPSA) is 0 Å². The standard InChI is InChI=1S/C28H33.C13H10.Zr/c1-18-15-21(26(2,3)4)16-20-17-23-22(24(18)20)13-14-28(8,27(5,6)7)25(23)19-11-9-10-12-19;1-3-7-12(8-4-1)11-13-9-5-2-6-10-13;/h9-11,13-16H,12H2,1-8H3;1-10H;/q-1;;. The molecule has 0 bridgehead atoms. The molecule has 3 aliphatic rings. The first kappa shape index (κ1) is 30.6. The minimum atomic E-state index is -0.0144. The summed E-state index contributed by atoms with van der Waals surface area (Å²) in [6.07, 6.45) is 16.5. The van der Waals surface area contributed by atoms with Crippen LogP contribution in [0.1, 0.15) is 77.1 Å². The van der Waals surface area contributed by atoms with Gasteiger partial charge in [0.25, 0.3) is 0 Å². The summed E-state index contributed by atoms with van der Waals surface area (Å²) in [6.45, 7) is 18.6. The number of hydrogen-bond acceptors (Lipinski definition) is 0. The summed E-state index contributed by atoms with van der Waals surface area (Å²) in [5, 5.41) is 2.64. The molecule has 3 aromatic carbocycles. The van der Waals surface area contributed by atoms with Crippen LogP contribution < -0.4 is 10.4 Å². The van der Waals surface area contributed by atoms with Crippen molar-refractivity contribution < 1.29 is 24.2 Å². The molecule has 0 spiro atoms. The van der Waals surface area contributed by atoms with Gasteiger partial charge in [-0.25, -0.2) is 0 Å². The average Bonchev–Trinajstić information content (AvgIpc) is 3.61. The summed E-state index contributed by atoms with van der Waals surface area (Å²) < 4.78 is 1.42. The van der Waals surface area contributed by atoms with Gasteiger partial charge in [0.1, 0.15) is 0 Å². The fraction of sp³-hybridized carbons (Fsp3) is 0.293. The van der Waals surface area contributed by atoms with Gasteiger partial charge in [0.2, 0.25) is 0 Å². The van der Waals surface area contributed by atoms with Gasteiger partial charge in [-0.1, -0.05) is 107 Å². The van der Waals surface area contributed by atoms with Crippen molar-refractivity contribution in [3.8, 4) is 0 Å². The van der Waals surface area contributed by atoms with E-state index in [0.29, 0.717) is 0 Å². The molecular weight excluding hydrogens is 584 g/mol. The first-order valence-electron chi connectivity index (χ1n) is 15.1. The Morgan fingerprint density at radius 2 is 1.45 bits per heavy atom. The second-order valence-electron chi connectivity index (χ2n) is 14.0. The fourth-order valence-corrected chi connectivity index (χ4v) is 6.91. The summed E-state index contributed by atoms with van der Waals surface area (Å²) in [5.41, 5.74) is 11.3. The van der Waals surface area contributed by atoms with Crippen LogP contribution in [-0.4, -0.2) is 3.21 Å². The average molecular weight is 627 g/mol.